The van der Waals surface area contributed by atoms with Crippen LogP contribution in [0, 0.1) is 5.92 Å². The average Bonchev–Trinajstić information content (AvgIpc) is 1.55. The van der Waals surface area contributed by atoms with Crippen LogP contribution in [0.25, 0.3) is 0 Å². The molecule has 119 heavy (non-hydrogen) atoms. The van der Waals surface area contributed by atoms with Crippen molar-refractivity contribution in [2.24, 2.45) is 5.92 Å². The van der Waals surface area contributed by atoms with Gasteiger partial charge in [-0.2, -0.15) is 0 Å². The van der Waals surface area contributed by atoms with Crippen molar-refractivity contribution in [3.63, 3.8) is 0 Å². The fourth-order valence-corrected chi connectivity index (χ4v) is 20.1. The molecule has 32 nitrogen and oxygen atoms in total. The first kappa shape index (κ1) is 89.7. The molecule has 34 heteroatoms. The SMILES string of the molecule is CC(C)(C)OC(=O)C[C@H](OC(=O)OC(C)(C)C)C(=O)ON1C(=O)CCC1=O.CN1CC[C@]23c4c5ccc(CO)c4O[C@H]2C(O)=CC[C@@]3(O)[C@H]1C5.CN1CC[C@]23c4c5ccc(CO)c4O[C@H]2C(OC(=O)[C@@H](O)CC(=O)O)=CC[C@@]3(O)[C@H]1C5.C[C@@H](CC(=O)OC(C)(C)C)C(=O)OC1=CC[C@@]2(O)[C@H]3Cc4ccc(CO)c5c4[C@@]2(CCN3C)[C@H]1O5.ClCCl. The molecule has 13 aliphatic rings. The number of halogens is 2. The van der Waals surface area contributed by atoms with Crippen LogP contribution >= 0.6 is 23.2 Å². The van der Waals surface area contributed by atoms with Gasteiger partial charge in [-0.25, -0.2) is 14.4 Å². The highest BCUT2D eigenvalue weighted by atomic mass is 35.5. The normalized spacial score (nSPS) is 29.7. The number of carbonyl (C=O) groups excluding carboxylic acids is 8. The first-order chi connectivity index (χ1) is 55.7. The highest BCUT2D eigenvalue weighted by molar-refractivity contribution is 6.40. The molecule has 9 N–H and O–H groups in total. The van der Waals surface area contributed by atoms with Crippen molar-refractivity contribution in [3.05, 3.63) is 122 Å². The molecule has 6 aliphatic carbocycles. The summed E-state index contributed by atoms with van der Waals surface area (Å²) in [7, 11) is 6.08. The number of aliphatic hydroxyl groups excluding tert-OH is 5. The Bertz CT molecular complexity index is 4600. The first-order valence-corrected chi connectivity index (χ1v) is 41.0. The van der Waals surface area contributed by atoms with Crippen LogP contribution in [0.5, 0.6) is 17.2 Å². The van der Waals surface area contributed by atoms with Gasteiger partial charge in [0.2, 0.25) is 6.10 Å². The average molecular weight is 1700 g/mol. The van der Waals surface area contributed by atoms with Gasteiger partial charge >= 0.3 is 42.0 Å². The van der Waals surface area contributed by atoms with E-state index in [2.05, 4.69) is 27.8 Å². The molecule has 15 atom stereocenters. The van der Waals surface area contributed by atoms with Crippen molar-refractivity contribution >= 4 is 77.0 Å². The van der Waals surface area contributed by atoms with Crippen LogP contribution in [0.2, 0.25) is 0 Å². The molecule has 0 aromatic heterocycles. The molecule has 16 rings (SSSR count). The maximum absolute atomic E-state index is 13.0. The first-order valence-electron chi connectivity index (χ1n) is 40.0. The lowest BCUT2D eigenvalue weighted by Crippen LogP contribution is -2.74. The molecule has 0 unspecified atom stereocenters. The van der Waals surface area contributed by atoms with Crippen LogP contribution in [0.3, 0.4) is 0 Å². The highest BCUT2D eigenvalue weighted by Crippen LogP contribution is 2.68. The van der Waals surface area contributed by atoms with Crippen molar-refractivity contribution in [2.45, 2.75) is 277 Å². The predicted molar refractivity (Wildman–Crippen MR) is 421 cm³/mol. The topological polar surface area (TPSA) is 441 Å². The van der Waals surface area contributed by atoms with Gasteiger partial charge < -0.3 is 108 Å². The third-order valence-corrected chi connectivity index (χ3v) is 25.1. The lowest BCUT2D eigenvalue weighted by molar-refractivity contribution is -0.205. The monoisotopic (exact) mass is 1700 g/mol. The number of nitrogens with zero attached hydrogens (tertiary/aromatic N) is 4. The number of hydroxylamine groups is 2. The number of amides is 2. The number of carbonyl (C=O) groups is 9. The lowest BCUT2D eigenvalue weighted by atomic mass is 9.50. The van der Waals surface area contributed by atoms with E-state index in [1.807, 2.05) is 44.4 Å². The van der Waals surface area contributed by atoms with E-state index >= 15 is 0 Å². The zero-order chi connectivity index (χ0) is 87.1. The smallest absolute Gasteiger partial charge is 0.509 e. The molecule has 3 aromatic rings. The Morgan fingerprint density at radius 3 is 1.27 bits per heavy atom. The molecule has 2 amide bonds. The molecule has 0 radical (unpaired) electrons. The van der Waals surface area contributed by atoms with Crippen molar-refractivity contribution in [2.75, 3.05) is 46.1 Å². The number of alkyl halides is 2. The second kappa shape index (κ2) is 33.4. The van der Waals surface area contributed by atoms with Gasteiger partial charge in [-0.3, -0.25) is 28.8 Å². The Morgan fingerprint density at radius 1 is 0.529 bits per heavy atom. The van der Waals surface area contributed by atoms with Gasteiger partial charge in [0.05, 0.1) is 83.4 Å². The molecule has 4 saturated heterocycles. The van der Waals surface area contributed by atoms with E-state index in [-0.39, 0.29) is 80.5 Å². The van der Waals surface area contributed by atoms with Gasteiger partial charge in [0.15, 0.2) is 24.4 Å². The van der Waals surface area contributed by atoms with E-state index in [4.69, 9.17) is 75.8 Å². The highest BCUT2D eigenvalue weighted by Gasteiger charge is 2.75. The Labute approximate surface area is 698 Å². The van der Waals surface area contributed by atoms with E-state index < -0.39 is 153 Å². The summed E-state index contributed by atoms with van der Waals surface area (Å²) in [5.74, 6) is -5.07. The summed E-state index contributed by atoms with van der Waals surface area (Å²) < 4.78 is 50.5. The number of piperidine rings is 3. The van der Waals surface area contributed by atoms with E-state index in [1.165, 1.54) is 5.56 Å². The molecule has 3 aromatic carbocycles. The minimum Gasteiger partial charge on any atom is -0.509 e. The van der Waals surface area contributed by atoms with Gasteiger partial charge in [-0.05, 0) is 177 Å². The van der Waals surface area contributed by atoms with Gasteiger partial charge in [0, 0.05) is 83.6 Å². The fourth-order valence-electron chi connectivity index (χ4n) is 20.1. The van der Waals surface area contributed by atoms with Crippen LogP contribution in [0.4, 0.5) is 4.79 Å². The summed E-state index contributed by atoms with van der Waals surface area (Å²) >= 11 is 9.53. The Balaban J connectivity index is 0.000000145. The van der Waals surface area contributed by atoms with E-state index in [9.17, 15) is 84.0 Å². The number of carboxylic acid groups (broad SMARTS) is 1. The zero-order valence-corrected chi connectivity index (χ0v) is 70.6. The number of imide groups is 1. The number of ether oxygens (including phenoxy) is 9. The molecule has 6 bridgehead atoms. The van der Waals surface area contributed by atoms with Crippen LogP contribution in [-0.2, 0) is 127 Å². The number of esters is 4. The van der Waals surface area contributed by atoms with Crippen molar-refractivity contribution in [1.29, 1.82) is 0 Å². The Hall–Kier alpha value is -8.51. The van der Waals surface area contributed by atoms with Crippen LogP contribution in [0.15, 0.2) is 71.9 Å². The minimum absolute atomic E-state index is 0.0186. The van der Waals surface area contributed by atoms with Crippen molar-refractivity contribution in [3.8, 4) is 17.2 Å². The number of aliphatic hydroxyl groups is 8. The number of carboxylic acids is 1. The molecule has 4 fully saturated rings. The summed E-state index contributed by atoms with van der Waals surface area (Å²) in [4.78, 5) is 119. The zero-order valence-electron chi connectivity index (χ0n) is 69.1. The quantitative estimate of drug-likeness (QED) is 0.0329. The van der Waals surface area contributed by atoms with Crippen LogP contribution in [0.1, 0.15) is 190 Å². The number of aliphatic carboxylic acids is 1. The van der Waals surface area contributed by atoms with E-state index in [0.717, 1.165) is 59.3 Å². The van der Waals surface area contributed by atoms with Crippen molar-refractivity contribution < 1.29 is 137 Å². The molecule has 0 saturated carbocycles. The van der Waals surface area contributed by atoms with Gasteiger partial charge in [-0.15, -0.1) is 28.3 Å². The molecular weight excluding hydrogens is 1600 g/mol. The minimum atomic E-state index is -1.80. The van der Waals surface area contributed by atoms with Crippen LogP contribution < -0.4 is 14.2 Å². The van der Waals surface area contributed by atoms with E-state index in [0.29, 0.717) is 84.3 Å². The molecule has 3 spiro atoms. The van der Waals surface area contributed by atoms with Gasteiger partial charge in [-0.1, -0.05) is 43.3 Å². The summed E-state index contributed by atoms with van der Waals surface area (Å²) in [6.45, 7) is 18.4. The van der Waals surface area contributed by atoms with Gasteiger partial charge in [0.25, 0.3) is 11.8 Å². The van der Waals surface area contributed by atoms with Gasteiger partial charge in [0.1, 0.15) is 51.3 Å². The standard InChI is InChI=1S/C27H35NO7.C22H25NO8.C18H21NO4.C17H25NO9.CH2Cl2/c1-15(12-20(30)35-25(2,3)4)24(31)33-18-8-9-27(32)19-13-16-6-7-17(14-29)22-21(16)26(27,23(18)34-22)10-11-28(19)5;1-23-7-6-21-17-11-2-3-12(10-24)18(17)31-19(21)14(4-5-22(21,29)15(23)8-11)30-20(28)13(25)9-16(26)27;1-19-7-6-17-14-10-2-3-11(9-20)15(14)23-16(17)12(21)4-5-18(17,22)13(19)8-10;1-16(2,3)25-13(21)9-10(24-15(23)26-17(4,5)6)14(22)27-18-11(19)7-8-12(18)20;2-1-3/h6-8,15,19,23,29,32H,9-14H2,1-5H3;2-4,13,15,19,24-25,29H,5-10H2,1H3,(H,26,27);2-4,13,16,20-22H,5-9H2,1H3;10H,7-9H2,1-6H3;1H2/t15-,19+,23-,26-,27+;13-,15+,19-,21-,22+;13-,16+,17+,18-;10-;/m0010./s1. The molecular formula is C85H108Cl2N4O28. The number of hydrogen-bond acceptors (Lipinski definition) is 30. The van der Waals surface area contributed by atoms with E-state index in [1.54, 1.807) is 87.5 Å². The maximum Gasteiger partial charge on any atom is 0.509 e. The number of hydrogen-bond donors (Lipinski definition) is 9. The second-order valence-corrected chi connectivity index (χ2v) is 36.6. The summed E-state index contributed by atoms with van der Waals surface area (Å²) in [6, 6.07) is 11.4. The molecule has 7 aliphatic heterocycles. The Morgan fingerprint density at radius 2 is 0.891 bits per heavy atom. The maximum atomic E-state index is 13.0. The fraction of sp³-hybridized carbons (Fsp3) is 0.612. The molecule has 7 heterocycles. The number of rotatable bonds is 16. The van der Waals surface area contributed by atoms with Crippen LogP contribution in [-0.4, -0.2) is 248 Å². The third-order valence-electron chi connectivity index (χ3n) is 25.1. The number of likely N-dealkylation sites (N-methyl/N-ethyl adjacent to an activating group) is 3. The predicted octanol–water partition coefficient (Wildman–Crippen LogP) is 6.28. The number of benzene rings is 3. The lowest BCUT2D eigenvalue weighted by Gasteiger charge is -2.61. The summed E-state index contributed by atoms with van der Waals surface area (Å²) in [6.07, 6.45) is 1.57. The summed E-state index contributed by atoms with van der Waals surface area (Å²) in [5, 5.41) is 95.2. The number of likely N-dealkylation sites (tertiary alicyclic amines) is 3. The summed E-state index contributed by atoms with van der Waals surface area (Å²) in [5.41, 5.74) is 0.365. The van der Waals surface area contributed by atoms with Crippen molar-refractivity contribution in [1.82, 2.24) is 19.8 Å². The molecule has 650 valence electrons. The Kier molecular flexibility index (Phi) is 25.2. The second-order valence-electron chi connectivity index (χ2n) is 35.8. The third kappa shape index (κ3) is 16.0. The largest absolute Gasteiger partial charge is 0.509 e.